The molecule has 1 amide bonds. The van der Waals surface area contributed by atoms with Gasteiger partial charge < -0.3 is 9.47 Å². The van der Waals surface area contributed by atoms with Crippen LogP contribution in [-0.2, 0) is 4.79 Å². The molecule has 6 heteroatoms. The van der Waals surface area contributed by atoms with E-state index in [-0.39, 0.29) is 5.91 Å². The number of carbonyl (C=O) groups is 1. The third-order valence-electron chi connectivity index (χ3n) is 4.52. The van der Waals surface area contributed by atoms with E-state index in [1.165, 1.54) is 11.8 Å². The first kappa shape index (κ1) is 16.4. The average molecular weight is 378 g/mol. The third kappa shape index (κ3) is 3.32. The number of carbonyl (C=O) groups excluding carboxylic acids is 1. The molecule has 1 saturated carbocycles. The molecule has 2 aromatic carbocycles. The molecule has 0 unspecified atom stereocenters. The van der Waals surface area contributed by atoms with E-state index in [2.05, 4.69) is 0 Å². The van der Waals surface area contributed by atoms with E-state index in [1.807, 2.05) is 54.6 Å². The van der Waals surface area contributed by atoms with Gasteiger partial charge in [0.2, 0.25) is 0 Å². The van der Waals surface area contributed by atoms with Gasteiger partial charge in [-0.2, -0.15) is 0 Å². The zero-order valence-electron chi connectivity index (χ0n) is 14.6. The molecule has 27 heavy (non-hydrogen) atoms. The first-order chi connectivity index (χ1) is 13.3. The fourth-order valence-corrected chi connectivity index (χ4v) is 4.08. The van der Waals surface area contributed by atoms with Crippen LogP contribution in [0.25, 0.3) is 6.08 Å². The summed E-state index contributed by atoms with van der Waals surface area (Å²) in [5.41, 5.74) is 1.76. The van der Waals surface area contributed by atoms with Crippen LogP contribution in [-0.4, -0.2) is 30.3 Å². The van der Waals surface area contributed by atoms with Crippen molar-refractivity contribution >= 4 is 34.6 Å². The maximum absolute atomic E-state index is 13.1. The quantitative estimate of drug-likeness (QED) is 0.755. The Balaban J connectivity index is 1.49. The van der Waals surface area contributed by atoms with E-state index < -0.39 is 0 Å². The minimum atomic E-state index is -0.0412. The standard InChI is InChI=1S/C21H18N2O3S/c24-20-19(13-14-6-9-17-18(12-14)26-11-10-25-17)27-21(22-15-7-8-15)23(20)16-4-2-1-3-5-16/h1-6,9,12-13,15H,7-8,10-11H2/b19-13-,22-21?. The topological polar surface area (TPSA) is 51.1 Å². The molecule has 0 atom stereocenters. The first-order valence-electron chi connectivity index (χ1n) is 9.04. The van der Waals surface area contributed by atoms with Crippen LogP contribution < -0.4 is 14.4 Å². The molecule has 1 aliphatic carbocycles. The summed E-state index contributed by atoms with van der Waals surface area (Å²) < 4.78 is 11.2. The second-order valence-electron chi connectivity index (χ2n) is 6.63. The number of amidine groups is 1. The number of nitrogens with zero attached hydrogens (tertiary/aromatic N) is 2. The van der Waals surface area contributed by atoms with Crippen LogP contribution in [0.4, 0.5) is 5.69 Å². The van der Waals surface area contributed by atoms with E-state index in [1.54, 1.807) is 4.90 Å². The van der Waals surface area contributed by atoms with Gasteiger partial charge in [-0.15, -0.1) is 0 Å². The lowest BCUT2D eigenvalue weighted by atomic mass is 10.1. The monoisotopic (exact) mass is 378 g/mol. The summed E-state index contributed by atoms with van der Waals surface area (Å²) in [5, 5.41) is 0.762. The fraction of sp³-hybridized carbons (Fsp3) is 0.238. The number of amides is 1. The van der Waals surface area contributed by atoms with Gasteiger partial charge in [-0.05, 0) is 60.5 Å². The van der Waals surface area contributed by atoms with E-state index in [4.69, 9.17) is 14.5 Å². The van der Waals surface area contributed by atoms with Crippen molar-refractivity contribution in [2.75, 3.05) is 18.1 Å². The van der Waals surface area contributed by atoms with Gasteiger partial charge in [0.1, 0.15) is 13.2 Å². The number of fused-ring (bicyclic) bond motifs is 1. The molecule has 136 valence electrons. The lowest BCUT2D eigenvalue weighted by Gasteiger charge is -2.18. The molecule has 0 N–H and O–H groups in total. The number of para-hydroxylation sites is 1. The molecule has 3 aliphatic rings. The number of rotatable bonds is 3. The van der Waals surface area contributed by atoms with Crippen molar-refractivity contribution in [3.05, 3.63) is 59.0 Å². The molecule has 2 aliphatic heterocycles. The molecule has 0 spiro atoms. The van der Waals surface area contributed by atoms with Crippen LogP contribution in [0.2, 0.25) is 0 Å². The number of ether oxygens (including phenoxy) is 2. The van der Waals surface area contributed by atoms with Crippen LogP contribution in [0.5, 0.6) is 11.5 Å². The van der Waals surface area contributed by atoms with Crippen LogP contribution in [0.3, 0.4) is 0 Å². The average Bonchev–Trinajstić information content (AvgIpc) is 3.47. The van der Waals surface area contributed by atoms with E-state index in [0.717, 1.165) is 40.8 Å². The van der Waals surface area contributed by atoms with Gasteiger partial charge >= 0.3 is 0 Å². The Hall–Kier alpha value is -2.73. The number of thioether (sulfide) groups is 1. The molecular weight excluding hydrogens is 360 g/mol. The zero-order valence-corrected chi connectivity index (χ0v) is 15.4. The highest BCUT2D eigenvalue weighted by molar-refractivity contribution is 8.19. The molecule has 2 heterocycles. The Morgan fingerprint density at radius 1 is 1.04 bits per heavy atom. The largest absolute Gasteiger partial charge is 0.486 e. The molecule has 2 fully saturated rings. The molecule has 5 rings (SSSR count). The van der Waals surface area contributed by atoms with Crippen LogP contribution in [0, 0.1) is 0 Å². The fourth-order valence-electron chi connectivity index (χ4n) is 3.03. The highest BCUT2D eigenvalue weighted by Gasteiger charge is 2.36. The summed E-state index contributed by atoms with van der Waals surface area (Å²) in [4.78, 5) is 20.2. The predicted octanol–water partition coefficient (Wildman–Crippen LogP) is 4.10. The van der Waals surface area contributed by atoms with Gasteiger partial charge in [-0.1, -0.05) is 24.3 Å². The minimum absolute atomic E-state index is 0.0412. The summed E-state index contributed by atoms with van der Waals surface area (Å²) >= 11 is 1.44. The molecule has 2 aromatic rings. The summed E-state index contributed by atoms with van der Waals surface area (Å²) in [7, 11) is 0. The second-order valence-corrected chi connectivity index (χ2v) is 7.64. The van der Waals surface area contributed by atoms with Crippen molar-refractivity contribution in [3.8, 4) is 11.5 Å². The molecule has 5 nitrogen and oxygen atoms in total. The Labute approximate surface area is 161 Å². The predicted molar refractivity (Wildman–Crippen MR) is 107 cm³/mol. The molecule has 0 aromatic heterocycles. The maximum Gasteiger partial charge on any atom is 0.271 e. The van der Waals surface area contributed by atoms with Crippen molar-refractivity contribution in [3.63, 3.8) is 0 Å². The van der Waals surface area contributed by atoms with Crippen molar-refractivity contribution in [1.29, 1.82) is 0 Å². The SMILES string of the molecule is O=C1/C(=C/c2ccc3c(c2)OCCO3)SC(=NC2CC2)N1c1ccccc1. The molecular formula is C21H18N2O3S. The van der Waals surface area contributed by atoms with E-state index in [9.17, 15) is 4.79 Å². The molecule has 0 radical (unpaired) electrons. The lowest BCUT2D eigenvalue weighted by Crippen LogP contribution is -2.29. The summed E-state index contributed by atoms with van der Waals surface area (Å²) in [6, 6.07) is 15.8. The van der Waals surface area contributed by atoms with Gasteiger partial charge in [-0.3, -0.25) is 14.7 Å². The Bertz CT molecular complexity index is 951. The molecule has 1 saturated heterocycles. The summed E-state index contributed by atoms with van der Waals surface area (Å²) in [6.07, 6.45) is 4.10. The van der Waals surface area contributed by atoms with Gasteiger partial charge in [0.15, 0.2) is 16.7 Å². The van der Waals surface area contributed by atoms with Crippen molar-refractivity contribution in [1.82, 2.24) is 0 Å². The van der Waals surface area contributed by atoms with Crippen LogP contribution in [0.1, 0.15) is 18.4 Å². The van der Waals surface area contributed by atoms with Crippen LogP contribution in [0.15, 0.2) is 58.4 Å². The first-order valence-corrected chi connectivity index (χ1v) is 9.86. The van der Waals surface area contributed by atoms with E-state index in [0.29, 0.717) is 24.2 Å². The van der Waals surface area contributed by atoms with Gasteiger partial charge in [0.05, 0.1) is 16.6 Å². The number of aliphatic imine (C=N–C) groups is 1. The number of benzene rings is 2. The van der Waals surface area contributed by atoms with E-state index >= 15 is 0 Å². The lowest BCUT2D eigenvalue weighted by molar-refractivity contribution is -0.113. The van der Waals surface area contributed by atoms with Crippen molar-refractivity contribution in [2.45, 2.75) is 18.9 Å². The maximum atomic E-state index is 13.1. The smallest absolute Gasteiger partial charge is 0.271 e. The van der Waals surface area contributed by atoms with Gasteiger partial charge in [0, 0.05) is 0 Å². The van der Waals surface area contributed by atoms with Gasteiger partial charge in [-0.25, -0.2) is 0 Å². The zero-order chi connectivity index (χ0) is 18.2. The van der Waals surface area contributed by atoms with Crippen LogP contribution >= 0.6 is 11.8 Å². The Morgan fingerprint density at radius 2 is 1.81 bits per heavy atom. The summed E-state index contributed by atoms with van der Waals surface area (Å²) in [5.74, 6) is 1.43. The van der Waals surface area contributed by atoms with Crippen molar-refractivity contribution < 1.29 is 14.3 Å². The highest BCUT2D eigenvalue weighted by Crippen LogP contribution is 2.39. The number of anilines is 1. The number of hydrogen-bond acceptors (Lipinski definition) is 5. The Morgan fingerprint density at radius 3 is 2.59 bits per heavy atom. The third-order valence-corrected chi connectivity index (χ3v) is 5.51. The van der Waals surface area contributed by atoms with Gasteiger partial charge in [0.25, 0.3) is 5.91 Å². The second kappa shape index (κ2) is 6.78. The van der Waals surface area contributed by atoms with Crippen molar-refractivity contribution in [2.24, 2.45) is 4.99 Å². The molecule has 0 bridgehead atoms. The number of hydrogen-bond donors (Lipinski definition) is 0. The Kier molecular flexibility index (Phi) is 4.13. The normalized spacial score (nSPS) is 21.9. The summed E-state index contributed by atoms with van der Waals surface area (Å²) in [6.45, 7) is 1.11. The minimum Gasteiger partial charge on any atom is -0.486 e. The highest BCUT2D eigenvalue weighted by atomic mass is 32.2.